The van der Waals surface area contributed by atoms with E-state index in [0.29, 0.717) is 6.04 Å². The summed E-state index contributed by atoms with van der Waals surface area (Å²) in [5.74, 6) is 0. The van der Waals surface area contributed by atoms with Crippen LogP contribution in [-0.2, 0) is 18.4 Å². The Balaban J connectivity index is 1.25. The lowest BCUT2D eigenvalue weighted by atomic mass is 9.86. The predicted octanol–water partition coefficient (Wildman–Crippen LogP) is 8.31. The van der Waals surface area contributed by atoms with Crippen LogP contribution in [0.3, 0.4) is 0 Å². The van der Waals surface area contributed by atoms with Gasteiger partial charge in [0, 0.05) is 75.4 Å². The lowest BCUT2D eigenvalue weighted by Crippen LogP contribution is -2.34. The van der Waals surface area contributed by atoms with E-state index < -0.39 is 0 Å². The monoisotopic (exact) mass is 552 g/mol. The summed E-state index contributed by atoms with van der Waals surface area (Å²) in [6, 6.07) is 25.3. The van der Waals surface area contributed by atoms with Crippen LogP contribution in [0.15, 0.2) is 94.9 Å². The lowest BCUT2D eigenvalue weighted by Gasteiger charge is -2.35. The van der Waals surface area contributed by atoms with Gasteiger partial charge in [-0.3, -0.25) is 0 Å². The Bertz CT molecular complexity index is 2020. The fourth-order valence-corrected chi connectivity index (χ4v) is 9.06. The molecular weight excluding hydrogens is 520 g/mol. The number of benzene rings is 3. The second-order valence-electron chi connectivity index (χ2n) is 12.1. The minimum Gasteiger partial charge on any atom is -0.331 e. The molecule has 0 bridgehead atoms. The molecule has 5 aromatic rings. The minimum absolute atomic E-state index is 0.190. The van der Waals surface area contributed by atoms with Gasteiger partial charge in [-0.15, -0.1) is 0 Å². The first kappa shape index (κ1) is 23.7. The number of aromatic nitrogens is 2. The summed E-state index contributed by atoms with van der Waals surface area (Å²) in [4.78, 5) is 2.78. The van der Waals surface area contributed by atoms with Crippen molar-refractivity contribution in [3.05, 3.63) is 118 Å². The zero-order chi connectivity index (χ0) is 27.5. The molecule has 0 saturated carbocycles. The summed E-state index contributed by atoms with van der Waals surface area (Å²) < 4.78 is 5.17. The molecule has 0 fully saturated rings. The number of hydrazine groups is 1. The molecule has 4 aliphatic rings. The van der Waals surface area contributed by atoms with Crippen molar-refractivity contribution < 1.29 is 0 Å². The maximum absolute atomic E-state index is 2.62. The van der Waals surface area contributed by atoms with Crippen molar-refractivity contribution in [1.82, 2.24) is 19.2 Å². The second-order valence-corrected chi connectivity index (χ2v) is 13.3. The van der Waals surface area contributed by atoms with Crippen LogP contribution in [0.1, 0.15) is 47.5 Å². The average molecular weight is 553 g/mol. The van der Waals surface area contributed by atoms with Crippen molar-refractivity contribution in [2.45, 2.75) is 42.7 Å². The molecule has 2 atom stereocenters. The molecule has 9 rings (SSSR count). The number of hydrogen-bond donors (Lipinski definition) is 0. The summed E-state index contributed by atoms with van der Waals surface area (Å²) in [6.07, 6.45) is 15.0. The summed E-state index contributed by atoms with van der Waals surface area (Å²) in [5, 5.41) is 7.28. The molecule has 2 aliphatic carbocycles. The van der Waals surface area contributed by atoms with E-state index in [2.05, 4.69) is 137 Å². The number of likely N-dealkylation sites (N-methyl/N-ethyl adjacent to an activating group) is 1. The smallest absolute Gasteiger partial charge is 0.0878 e. The molecule has 0 radical (unpaired) electrons. The quantitative estimate of drug-likeness (QED) is 0.219. The Morgan fingerprint density at radius 3 is 2.59 bits per heavy atom. The first-order valence-corrected chi connectivity index (χ1v) is 15.4. The van der Waals surface area contributed by atoms with Gasteiger partial charge in [-0.2, -0.15) is 0 Å². The van der Waals surface area contributed by atoms with Gasteiger partial charge in [-0.1, -0.05) is 66.4 Å². The number of nitrogens with zero attached hydrogens (tertiary/aromatic N) is 4. The van der Waals surface area contributed by atoms with Crippen LogP contribution in [-0.4, -0.2) is 33.2 Å². The Labute approximate surface area is 244 Å². The number of aryl methyl sites for hydroxylation is 1. The molecule has 41 heavy (non-hydrogen) atoms. The highest BCUT2D eigenvalue weighted by Crippen LogP contribution is 2.53. The van der Waals surface area contributed by atoms with Crippen molar-refractivity contribution in [3.8, 4) is 5.69 Å². The number of allylic oxidation sites excluding steroid dienone is 2. The summed E-state index contributed by atoms with van der Waals surface area (Å²) in [7, 11) is 4.33. The summed E-state index contributed by atoms with van der Waals surface area (Å²) >= 11 is 1.91. The highest BCUT2D eigenvalue weighted by atomic mass is 32.2. The molecule has 3 aromatic carbocycles. The Morgan fingerprint density at radius 2 is 1.71 bits per heavy atom. The zero-order valence-electron chi connectivity index (χ0n) is 23.6. The number of fused-ring (bicyclic) bond motifs is 9. The highest BCUT2D eigenvalue weighted by molar-refractivity contribution is 8.03. The van der Waals surface area contributed by atoms with E-state index >= 15 is 0 Å². The number of para-hydroxylation sites is 2. The van der Waals surface area contributed by atoms with Crippen LogP contribution in [0, 0.1) is 0 Å². The van der Waals surface area contributed by atoms with E-state index in [1.165, 1.54) is 65.4 Å². The average Bonchev–Trinajstić information content (AvgIpc) is 3.69. The van der Waals surface area contributed by atoms with E-state index in [1.807, 2.05) is 11.8 Å². The molecule has 0 saturated heterocycles. The Morgan fingerprint density at radius 1 is 0.902 bits per heavy atom. The largest absolute Gasteiger partial charge is 0.331 e. The minimum atomic E-state index is -0.190. The van der Waals surface area contributed by atoms with Gasteiger partial charge in [0.2, 0.25) is 0 Å². The van der Waals surface area contributed by atoms with Gasteiger partial charge in [0.1, 0.15) is 0 Å². The van der Waals surface area contributed by atoms with Gasteiger partial charge in [0.05, 0.1) is 17.1 Å². The van der Waals surface area contributed by atoms with Gasteiger partial charge < -0.3 is 14.1 Å². The molecule has 2 aromatic heterocycles. The Hall–Kier alpha value is -3.93. The first-order chi connectivity index (χ1) is 20.0. The molecular formula is C36H32N4S. The van der Waals surface area contributed by atoms with Gasteiger partial charge in [-0.25, -0.2) is 5.01 Å². The topological polar surface area (TPSA) is 16.3 Å². The van der Waals surface area contributed by atoms with Crippen LogP contribution in [0.25, 0.3) is 39.6 Å². The highest BCUT2D eigenvalue weighted by Gasteiger charge is 2.39. The second kappa shape index (κ2) is 8.31. The van der Waals surface area contributed by atoms with Crippen molar-refractivity contribution in [2.75, 3.05) is 14.1 Å². The molecule has 0 spiro atoms. The molecule has 0 amide bonds. The number of rotatable bonds is 2. The molecule has 0 N–H and O–H groups in total. The van der Waals surface area contributed by atoms with E-state index in [-0.39, 0.29) is 5.54 Å². The van der Waals surface area contributed by atoms with Crippen LogP contribution < -0.4 is 0 Å². The molecule has 4 heterocycles. The molecule has 202 valence electrons. The van der Waals surface area contributed by atoms with Gasteiger partial charge in [-0.05, 0) is 67.3 Å². The molecule has 2 aliphatic heterocycles. The third-order valence-electron chi connectivity index (χ3n) is 9.75. The standard InChI is InChI=1S/C36H32N4S/c1-36(40-30-14-8-5-11-25(30)26-12-6-9-15-31(26)40)19-18-27-24-10-4-7-13-29(24)39(32(27)21-36)23-16-17-33-28(20-23)35-34(41-33)22-37(2)38(35)3/h4-5,7-11,13-20,22,35H,6,12,21H2,1-3H3. The van der Waals surface area contributed by atoms with Crippen LogP contribution >= 0.6 is 11.8 Å². The number of hydrogen-bond acceptors (Lipinski definition) is 3. The fraction of sp³-hybridized carbons (Fsp3) is 0.222. The van der Waals surface area contributed by atoms with E-state index in [9.17, 15) is 0 Å². The Kier molecular flexibility index (Phi) is 4.81. The van der Waals surface area contributed by atoms with Gasteiger partial charge in [0.15, 0.2) is 0 Å². The van der Waals surface area contributed by atoms with Crippen LogP contribution in [0.5, 0.6) is 0 Å². The van der Waals surface area contributed by atoms with Crippen LogP contribution in [0.4, 0.5) is 0 Å². The van der Waals surface area contributed by atoms with E-state index in [1.54, 1.807) is 0 Å². The lowest BCUT2D eigenvalue weighted by molar-refractivity contribution is 0.0728. The third-order valence-corrected chi connectivity index (χ3v) is 10.9. The normalized spacial score (nSPS) is 22.8. The van der Waals surface area contributed by atoms with Gasteiger partial charge >= 0.3 is 0 Å². The van der Waals surface area contributed by atoms with Crippen molar-refractivity contribution >= 4 is 45.7 Å². The number of thioether (sulfide) groups is 1. The maximum atomic E-state index is 2.62. The van der Waals surface area contributed by atoms with Crippen molar-refractivity contribution in [1.29, 1.82) is 0 Å². The maximum Gasteiger partial charge on any atom is 0.0878 e. The predicted molar refractivity (Wildman–Crippen MR) is 171 cm³/mol. The first-order valence-electron chi connectivity index (χ1n) is 14.6. The van der Waals surface area contributed by atoms with E-state index in [4.69, 9.17) is 0 Å². The van der Waals surface area contributed by atoms with Gasteiger partial charge in [0.25, 0.3) is 0 Å². The summed E-state index contributed by atoms with van der Waals surface area (Å²) in [5.41, 5.74) is 10.7. The molecule has 4 nitrogen and oxygen atoms in total. The molecule has 2 unspecified atom stereocenters. The van der Waals surface area contributed by atoms with Crippen molar-refractivity contribution in [3.63, 3.8) is 0 Å². The van der Waals surface area contributed by atoms with E-state index in [0.717, 1.165) is 19.3 Å². The SMILES string of the molecule is CN1C=C2Sc3ccc(-n4c5c(c6ccccc64)C=CC(C)(n4c6c(c7ccccc74)CCC=C6)C5)cc3C2N1C. The summed E-state index contributed by atoms with van der Waals surface area (Å²) in [6.45, 7) is 2.42. The third kappa shape index (κ3) is 3.16. The van der Waals surface area contributed by atoms with Crippen molar-refractivity contribution in [2.24, 2.45) is 0 Å². The fourth-order valence-electron chi connectivity index (χ4n) is 7.78. The van der Waals surface area contributed by atoms with Crippen LogP contribution in [0.2, 0.25) is 0 Å². The molecule has 5 heteroatoms. The zero-order valence-corrected chi connectivity index (χ0v) is 24.4.